The van der Waals surface area contributed by atoms with Crippen LogP contribution in [0.4, 0.5) is 0 Å². The van der Waals surface area contributed by atoms with E-state index >= 15 is 0 Å². The molecule has 116 valence electrons. The minimum Gasteiger partial charge on any atom is -0.385 e. The number of aryl methyl sites for hydroxylation is 1. The summed E-state index contributed by atoms with van der Waals surface area (Å²) < 4.78 is 5.12. The predicted octanol–water partition coefficient (Wildman–Crippen LogP) is 2.63. The van der Waals surface area contributed by atoms with E-state index in [-0.39, 0.29) is 18.1 Å². The largest absolute Gasteiger partial charge is 0.385 e. The van der Waals surface area contributed by atoms with Gasteiger partial charge in [0, 0.05) is 20.3 Å². The van der Waals surface area contributed by atoms with Crippen molar-refractivity contribution in [3.63, 3.8) is 0 Å². The Balaban J connectivity index is 2.19. The molecule has 1 fully saturated rings. The molecule has 1 aromatic carbocycles. The van der Waals surface area contributed by atoms with Crippen LogP contribution in [-0.4, -0.2) is 37.1 Å². The summed E-state index contributed by atoms with van der Waals surface area (Å²) in [5.74, 6) is 0.223. The Bertz CT molecular complexity index is 476. The van der Waals surface area contributed by atoms with Crippen molar-refractivity contribution in [1.82, 2.24) is 10.2 Å². The van der Waals surface area contributed by atoms with Crippen LogP contribution in [-0.2, 0) is 9.53 Å². The molecule has 1 heterocycles. The molecule has 0 aliphatic carbocycles. The lowest BCUT2D eigenvalue weighted by Gasteiger charge is -2.25. The summed E-state index contributed by atoms with van der Waals surface area (Å²) in [7, 11) is 1.70. The Morgan fingerprint density at radius 1 is 1.33 bits per heavy atom. The topological polar surface area (TPSA) is 41.6 Å². The first kappa shape index (κ1) is 16.0. The van der Waals surface area contributed by atoms with Gasteiger partial charge in [-0.3, -0.25) is 10.1 Å². The molecular weight excluding hydrogens is 264 g/mol. The monoisotopic (exact) mass is 290 g/mol. The normalized spacial score (nSPS) is 22.0. The van der Waals surface area contributed by atoms with Gasteiger partial charge in [-0.1, -0.05) is 37.6 Å². The zero-order valence-corrected chi connectivity index (χ0v) is 13.3. The van der Waals surface area contributed by atoms with Crippen molar-refractivity contribution in [3.8, 4) is 0 Å². The molecular formula is C17H26N2O2. The quantitative estimate of drug-likeness (QED) is 0.785. The van der Waals surface area contributed by atoms with Gasteiger partial charge in [-0.25, -0.2) is 0 Å². The molecule has 0 bridgehead atoms. The summed E-state index contributed by atoms with van der Waals surface area (Å²) in [6.07, 6.45) is 2.76. The first-order valence-electron chi connectivity index (χ1n) is 7.80. The summed E-state index contributed by atoms with van der Waals surface area (Å²) in [4.78, 5) is 14.6. The molecule has 0 radical (unpaired) electrons. The summed E-state index contributed by atoms with van der Waals surface area (Å²) in [5, 5.41) is 3.51. The van der Waals surface area contributed by atoms with Crippen molar-refractivity contribution in [2.45, 2.75) is 45.3 Å². The zero-order valence-electron chi connectivity index (χ0n) is 13.3. The molecule has 1 aliphatic rings. The van der Waals surface area contributed by atoms with E-state index in [0.717, 1.165) is 25.8 Å². The molecule has 4 heteroatoms. The SMILES string of the molecule is CCCC1NC(c2ccccc2C)N(CCCOC)C1=O. The fraction of sp³-hybridized carbons (Fsp3) is 0.588. The molecule has 0 spiro atoms. The lowest BCUT2D eigenvalue weighted by Crippen LogP contribution is -2.32. The molecule has 1 aliphatic heterocycles. The Morgan fingerprint density at radius 3 is 2.76 bits per heavy atom. The fourth-order valence-electron chi connectivity index (χ4n) is 2.94. The van der Waals surface area contributed by atoms with E-state index in [1.165, 1.54) is 11.1 Å². The number of nitrogens with zero attached hydrogens (tertiary/aromatic N) is 1. The summed E-state index contributed by atoms with van der Waals surface area (Å²) >= 11 is 0. The molecule has 1 amide bonds. The lowest BCUT2D eigenvalue weighted by atomic mass is 10.1. The molecule has 1 N–H and O–H groups in total. The molecule has 2 atom stereocenters. The minimum atomic E-state index is -0.0536. The van der Waals surface area contributed by atoms with Crippen LogP contribution < -0.4 is 5.32 Å². The van der Waals surface area contributed by atoms with Crippen molar-refractivity contribution in [2.75, 3.05) is 20.3 Å². The maximum atomic E-state index is 12.6. The highest BCUT2D eigenvalue weighted by atomic mass is 16.5. The average Bonchev–Trinajstić information content (AvgIpc) is 2.78. The summed E-state index contributed by atoms with van der Waals surface area (Å²) in [5.41, 5.74) is 2.42. The molecule has 21 heavy (non-hydrogen) atoms. The van der Waals surface area contributed by atoms with Gasteiger partial charge in [-0.05, 0) is 30.9 Å². The molecule has 2 rings (SSSR count). The number of benzene rings is 1. The van der Waals surface area contributed by atoms with Gasteiger partial charge in [0.15, 0.2) is 0 Å². The molecule has 4 nitrogen and oxygen atoms in total. The highest BCUT2D eigenvalue weighted by Gasteiger charge is 2.38. The highest BCUT2D eigenvalue weighted by molar-refractivity contribution is 5.84. The molecule has 1 aromatic rings. The van der Waals surface area contributed by atoms with Crippen LogP contribution in [0.2, 0.25) is 0 Å². The van der Waals surface area contributed by atoms with Crippen molar-refractivity contribution in [1.29, 1.82) is 0 Å². The summed E-state index contributed by atoms with van der Waals surface area (Å²) in [6.45, 7) is 5.63. The van der Waals surface area contributed by atoms with Crippen LogP contribution in [0.3, 0.4) is 0 Å². The summed E-state index contributed by atoms with van der Waals surface area (Å²) in [6, 6.07) is 8.23. The molecule has 2 unspecified atom stereocenters. The number of rotatable bonds is 7. The van der Waals surface area contributed by atoms with Crippen molar-refractivity contribution in [3.05, 3.63) is 35.4 Å². The lowest BCUT2D eigenvalue weighted by molar-refractivity contribution is -0.130. The van der Waals surface area contributed by atoms with Gasteiger partial charge in [0.25, 0.3) is 0 Å². The Hall–Kier alpha value is -1.39. The minimum absolute atomic E-state index is 0.00731. The van der Waals surface area contributed by atoms with E-state index in [0.29, 0.717) is 6.61 Å². The number of ether oxygens (including phenoxy) is 1. The van der Waals surface area contributed by atoms with E-state index in [2.05, 4.69) is 31.3 Å². The maximum absolute atomic E-state index is 12.6. The van der Waals surface area contributed by atoms with Gasteiger partial charge in [0.2, 0.25) is 5.91 Å². The standard InChI is InChI=1S/C17H26N2O2/c1-4-8-15-17(20)19(11-7-12-21-3)16(18-15)14-10-6-5-9-13(14)2/h5-6,9-10,15-16,18H,4,7-8,11-12H2,1-3H3. The van der Waals surface area contributed by atoms with Crippen LogP contribution in [0.5, 0.6) is 0 Å². The van der Waals surface area contributed by atoms with Gasteiger partial charge in [0.05, 0.1) is 6.04 Å². The van der Waals surface area contributed by atoms with E-state index in [9.17, 15) is 4.79 Å². The second kappa shape index (κ2) is 7.57. The Morgan fingerprint density at radius 2 is 2.10 bits per heavy atom. The number of hydrogen-bond acceptors (Lipinski definition) is 3. The van der Waals surface area contributed by atoms with Crippen LogP contribution in [0.1, 0.15) is 43.5 Å². The van der Waals surface area contributed by atoms with Gasteiger partial charge in [0.1, 0.15) is 6.17 Å². The first-order chi connectivity index (χ1) is 10.2. The number of hydrogen-bond donors (Lipinski definition) is 1. The number of carbonyl (C=O) groups is 1. The van der Waals surface area contributed by atoms with E-state index in [4.69, 9.17) is 4.74 Å². The van der Waals surface area contributed by atoms with Crippen molar-refractivity contribution in [2.24, 2.45) is 0 Å². The van der Waals surface area contributed by atoms with E-state index < -0.39 is 0 Å². The van der Waals surface area contributed by atoms with Crippen LogP contribution in [0, 0.1) is 6.92 Å². The smallest absolute Gasteiger partial charge is 0.241 e. The second-order valence-corrected chi connectivity index (χ2v) is 5.65. The van der Waals surface area contributed by atoms with E-state index in [1.54, 1.807) is 7.11 Å². The van der Waals surface area contributed by atoms with E-state index in [1.807, 2.05) is 17.0 Å². The number of carbonyl (C=O) groups excluding carboxylic acids is 1. The van der Waals surface area contributed by atoms with Crippen LogP contribution in [0.25, 0.3) is 0 Å². The van der Waals surface area contributed by atoms with Crippen LogP contribution >= 0.6 is 0 Å². The predicted molar refractivity (Wildman–Crippen MR) is 84.0 cm³/mol. The molecule has 0 saturated carbocycles. The van der Waals surface area contributed by atoms with Crippen molar-refractivity contribution < 1.29 is 9.53 Å². The number of nitrogens with one attached hydrogen (secondary N) is 1. The zero-order chi connectivity index (χ0) is 15.2. The fourth-order valence-corrected chi connectivity index (χ4v) is 2.94. The van der Waals surface area contributed by atoms with Crippen LogP contribution in [0.15, 0.2) is 24.3 Å². The molecule has 1 saturated heterocycles. The van der Waals surface area contributed by atoms with Gasteiger partial charge >= 0.3 is 0 Å². The third kappa shape index (κ3) is 3.63. The van der Waals surface area contributed by atoms with Crippen molar-refractivity contribution >= 4 is 5.91 Å². The van der Waals surface area contributed by atoms with Gasteiger partial charge in [-0.15, -0.1) is 0 Å². The Labute approximate surface area is 127 Å². The maximum Gasteiger partial charge on any atom is 0.241 e. The first-order valence-corrected chi connectivity index (χ1v) is 7.80. The third-order valence-electron chi connectivity index (χ3n) is 4.06. The number of amides is 1. The van der Waals surface area contributed by atoms with Gasteiger partial charge in [-0.2, -0.15) is 0 Å². The number of methoxy groups -OCH3 is 1. The second-order valence-electron chi connectivity index (χ2n) is 5.65. The van der Waals surface area contributed by atoms with Gasteiger partial charge < -0.3 is 9.64 Å². The molecule has 0 aromatic heterocycles. The third-order valence-corrected chi connectivity index (χ3v) is 4.06. The average molecular weight is 290 g/mol. The Kier molecular flexibility index (Phi) is 5.76. The highest BCUT2D eigenvalue weighted by Crippen LogP contribution is 2.29.